The van der Waals surface area contributed by atoms with E-state index < -0.39 is 39.5 Å². The minimum Gasteiger partial charge on any atom is -0.390 e. The number of rotatable bonds is 16. The predicted octanol–water partition coefficient (Wildman–Crippen LogP) is 3.82. The number of aliphatic hydroxyl groups excluding tert-OH is 1. The number of anilines is 1. The van der Waals surface area contributed by atoms with E-state index in [0.29, 0.717) is 15.3 Å². The van der Waals surface area contributed by atoms with Crippen molar-refractivity contribution in [2.24, 2.45) is 11.3 Å². The number of nitrogen functional groups attached to an aromatic ring is 1. The number of hydrogen-bond acceptors (Lipinski definition) is 10. The van der Waals surface area contributed by atoms with Crippen LogP contribution in [-0.4, -0.2) is 77.4 Å². The molecule has 2 aromatic carbocycles. The van der Waals surface area contributed by atoms with Gasteiger partial charge in [-0.05, 0) is 66.0 Å². The summed E-state index contributed by atoms with van der Waals surface area (Å²) >= 11 is 1.20. The molecular weight excluding hydrogens is 687 g/mol. The van der Waals surface area contributed by atoms with E-state index in [0.717, 1.165) is 24.0 Å². The SMILES string of the molecule is CC(C)CN(C[C@@H](O)[C@H](Cc1ccccc1)NC(=O)[C@@H](NC(=O)CNC1(c2cccnc2)CC1)C(C)(C)C)S(=O)(=O)c1ccc2nc(N)sc2c1. The zero-order valence-electron chi connectivity index (χ0n) is 29.8. The van der Waals surface area contributed by atoms with E-state index in [-0.39, 0.29) is 48.3 Å². The van der Waals surface area contributed by atoms with Gasteiger partial charge in [0.25, 0.3) is 0 Å². The first-order valence-corrected chi connectivity index (χ1v) is 19.5. The second-order valence-corrected chi connectivity index (χ2v) is 17.8. The van der Waals surface area contributed by atoms with Crippen molar-refractivity contribution in [2.75, 3.05) is 25.4 Å². The van der Waals surface area contributed by atoms with Crippen LogP contribution in [0, 0.1) is 11.3 Å². The van der Waals surface area contributed by atoms with Gasteiger partial charge in [-0.25, -0.2) is 13.4 Å². The maximum atomic E-state index is 14.1. The average molecular weight is 736 g/mol. The van der Waals surface area contributed by atoms with Crippen LogP contribution in [0.4, 0.5) is 5.13 Å². The van der Waals surface area contributed by atoms with Crippen LogP contribution in [0.5, 0.6) is 0 Å². The molecule has 2 aromatic heterocycles. The van der Waals surface area contributed by atoms with Crippen LogP contribution in [0.1, 0.15) is 58.6 Å². The lowest BCUT2D eigenvalue weighted by Gasteiger charge is -2.34. The molecule has 6 N–H and O–H groups in total. The quantitative estimate of drug-likeness (QED) is 0.114. The van der Waals surface area contributed by atoms with Crippen molar-refractivity contribution in [3.05, 3.63) is 84.2 Å². The smallest absolute Gasteiger partial charge is 0.243 e. The molecule has 1 aliphatic rings. The maximum Gasteiger partial charge on any atom is 0.243 e. The van der Waals surface area contributed by atoms with Crippen LogP contribution < -0.4 is 21.7 Å². The topological polar surface area (TPSA) is 180 Å². The standard InChI is InChI=1S/C37H49N7O5S2/c1-24(2)22-44(51(48,49)27-13-14-28-31(19-27)50-35(38)42-28)23-30(45)29(18-25-10-7-6-8-11-25)41-34(47)33(36(3,4)5)43-32(46)21-40-37(15-16-37)26-12-9-17-39-20-26/h6-14,17,19-20,24,29-30,33,40,45H,15-16,18,21-23H2,1-5H3,(H2,38,42)(H,41,47)(H,43,46)/t29-,30+,33+/m0/s1. The summed E-state index contributed by atoms with van der Waals surface area (Å²) in [4.78, 5) is 35.9. The number of sulfonamides is 1. The van der Waals surface area contributed by atoms with Gasteiger partial charge in [-0.1, -0.05) is 82.4 Å². The molecule has 12 nitrogen and oxygen atoms in total. The highest BCUT2D eigenvalue weighted by atomic mass is 32.2. The summed E-state index contributed by atoms with van der Waals surface area (Å²) in [5.74, 6) is -0.871. The molecule has 1 saturated carbocycles. The molecule has 2 heterocycles. The van der Waals surface area contributed by atoms with E-state index in [2.05, 4.69) is 25.9 Å². The van der Waals surface area contributed by atoms with E-state index in [4.69, 9.17) is 5.73 Å². The zero-order chi connectivity index (χ0) is 37.0. The highest BCUT2D eigenvalue weighted by Gasteiger charge is 2.45. The van der Waals surface area contributed by atoms with Gasteiger partial charge in [-0.15, -0.1) is 0 Å². The fourth-order valence-corrected chi connectivity index (χ4v) is 8.64. The first kappa shape index (κ1) is 38.3. The number of aliphatic hydroxyl groups is 1. The van der Waals surface area contributed by atoms with Crippen LogP contribution >= 0.6 is 11.3 Å². The van der Waals surface area contributed by atoms with E-state index in [1.807, 2.05) is 77.1 Å². The maximum absolute atomic E-state index is 14.1. The number of amides is 2. The number of benzene rings is 2. The number of nitrogens with one attached hydrogen (secondary N) is 3. The third-order valence-corrected chi connectivity index (χ3v) is 11.7. The summed E-state index contributed by atoms with van der Waals surface area (Å²) < 4.78 is 30.0. The third-order valence-electron chi connectivity index (χ3n) is 9.05. The Labute approximate surface area is 304 Å². The molecule has 51 heavy (non-hydrogen) atoms. The Morgan fingerprint density at radius 1 is 1.04 bits per heavy atom. The van der Waals surface area contributed by atoms with Crippen LogP contribution in [0.2, 0.25) is 0 Å². The number of hydrogen-bond donors (Lipinski definition) is 5. The van der Waals surface area contributed by atoms with E-state index in [1.54, 1.807) is 24.5 Å². The molecule has 4 aromatic rings. The van der Waals surface area contributed by atoms with Crippen molar-refractivity contribution in [2.45, 2.75) is 82.5 Å². The highest BCUT2D eigenvalue weighted by molar-refractivity contribution is 7.89. The number of fused-ring (bicyclic) bond motifs is 1. The van der Waals surface area contributed by atoms with Crippen molar-refractivity contribution in [3.8, 4) is 0 Å². The molecule has 2 amide bonds. The van der Waals surface area contributed by atoms with Crippen LogP contribution in [0.15, 0.2) is 78.0 Å². The predicted molar refractivity (Wildman–Crippen MR) is 200 cm³/mol. The summed E-state index contributed by atoms with van der Waals surface area (Å²) in [7, 11) is -4.07. The lowest BCUT2D eigenvalue weighted by atomic mass is 9.85. The summed E-state index contributed by atoms with van der Waals surface area (Å²) in [6.07, 6.45) is 4.21. The zero-order valence-corrected chi connectivity index (χ0v) is 31.4. The minimum absolute atomic E-state index is 0.00671. The Kier molecular flexibility index (Phi) is 11.8. The molecule has 0 aliphatic heterocycles. The van der Waals surface area contributed by atoms with Gasteiger partial charge in [0.15, 0.2) is 5.13 Å². The van der Waals surface area contributed by atoms with Gasteiger partial charge < -0.3 is 21.5 Å². The Hall–Kier alpha value is -3.95. The van der Waals surface area contributed by atoms with Crippen molar-refractivity contribution in [1.82, 2.24) is 30.2 Å². The van der Waals surface area contributed by atoms with Gasteiger partial charge in [0.2, 0.25) is 21.8 Å². The summed E-state index contributed by atoms with van der Waals surface area (Å²) in [5.41, 5.74) is 7.34. The van der Waals surface area contributed by atoms with Gasteiger partial charge in [-0.2, -0.15) is 4.31 Å². The third kappa shape index (κ3) is 9.69. The fraction of sp³-hybridized carbons (Fsp3) is 0.459. The van der Waals surface area contributed by atoms with Gasteiger partial charge in [-0.3, -0.25) is 19.9 Å². The molecule has 0 bridgehead atoms. The monoisotopic (exact) mass is 735 g/mol. The Balaban J connectivity index is 1.34. The average Bonchev–Trinajstić information content (AvgIpc) is 3.78. The Bertz CT molecular complexity index is 1910. The molecular formula is C37H49N7O5S2. The molecule has 0 radical (unpaired) electrons. The van der Waals surface area contributed by atoms with Gasteiger partial charge in [0.1, 0.15) is 6.04 Å². The normalized spacial score (nSPS) is 16.2. The fourth-order valence-electron chi connectivity index (χ4n) is 6.14. The lowest BCUT2D eigenvalue weighted by molar-refractivity contribution is -0.132. The number of carbonyl (C=O) groups is 2. The molecule has 14 heteroatoms. The number of nitrogens with two attached hydrogens (primary N) is 1. The van der Waals surface area contributed by atoms with Gasteiger partial charge >= 0.3 is 0 Å². The lowest BCUT2D eigenvalue weighted by Crippen LogP contribution is -2.59. The number of pyridine rings is 1. The Morgan fingerprint density at radius 3 is 2.39 bits per heavy atom. The van der Waals surface area contributed by atoms with Crippen molar-refractivity contribution in [1.29, 1.82) is 0 Å². The number of aromatic nitrogens is 2. The molecule has 5 rings (SSSR count). The molecule has 274 valence electrons. The molecule has 0 unspecified atom stereocenters. The summed E-state index contributed by atoms with van der Waals surface area (Å²) in [5, 5.41) is 21.4. The van der Waals surface area contributed by atoms with E-state index >= 15 is 0 Å². The first-order chi connectivity index (χ1) is 24.1. The molecule has 1 fully saturated rings. The van der Waals surface area contributed by atoms with E-state index in [9.17, 15) is 23.1 Å². The highest BCUT2D eigenvalue weighted by Crippen LogP contribution is 2.45. The second-order valence-electron chi connectivity index (χ2n) is 14.8. The summed E-state index contributed by atoms with van der Waals surface area (Å²) in [6, 6.07) is 16.1. The molecule has 0 spiro atoms. The van der Waals surface area contributed by atoms with Crippen LogP contribution in [-0.2, 0) is 31.6 Å². The van der Waals surface area contributed by atoms with Gasteiger partial charge in [0, 0.05) is 31.0 Å². The molecule has 0 saturated heterocycles. The molecule has 3 atom stereocenters. The van der Waals surface area contributed by atoms with Crippen molar-refractivity contribution in [3.63, 3.8) is 0 Å². The number of nitrogens with zero attached hydrogens (tertiary/aromatic N) is 3. The van der Waals surface area contributed by atoms with Gasteiger partial charge in [0.05, 0.1) is 33.8 Å². The number of thiazole rings is 1. The first-order valence-electron chi connectivity index (χ1n) is 17.2. The van der Waals surface area contributed by atoms with Crippen LogP contribution in [0.25, 0.3) is 10.2 Å². The second kappa shape index (κ2) is 15.7. The minimum atomic E-state index is -4.07. The number of carbonyl (C=O) groups excluding carboxylic acids is 2. The molecule has 1 aliphatic carbocycles. The van der Waals surface area contributed by atoms with E-state index in [1.165, 1.54) is 21.7 Å². The largest absolute Gasteiger partial charge is 0.390 e. The Morgan fingerprint density at radius 2 is 1.76 bits per heavy atom. The van der Waals surface area contributed by atoms with Crippen molar-refractivity contribution < 1.29 is 23.1 Å². The summed E-state index contributed by atoms with van der Waals surface area (Å²) in [6.45, 7) is 9.25. The van der Waals surface area contributed by atoms with Crippen molar-refractivity contribution >= 4 is 48.5 Å². The van der Waals surface area contributed by atoms with Crippen LogP contribution in [0.3, 0.4) is 0 Å².